The van der Waals surface area contributed by atoms with Gasteiger partial charge in [-0.3, -0.25) is 0 Å². The van der Waals surface area contributed by atoms with Crippen LogP contribution in [0.2, 0.25) is 0 Å². The molecular formula is C6H6ILiO2S. The van der Waals surface area contributed by atoms with Crippen LogP contribution in [0.4, 0.5) is 0 Å². The summed E-state index contributed by atoms with van der Waals surface area (Å²) in [4.78, 5) is 0.475. The molecule has 56 valence electrons. The van der Waals surface area contributed by atoms with E-state index < -0.39 is 11.1 Å². The van der Waals surface area contributed by atoms with Gasteiger partial charge in [0, 0.05) is 3.57 Å². The zero-order valence-electron chi connectivity index (χ0n) is 6.95. The van der Waals surface area contributed by atoms with Crippen molar-refractivity contribution in [1.82, 2.24) is 0 Å². The first-order valence-electron chi connectivity index (χ1n) is 2.57. The molecule has 0 spiro atoms. The number of halogens is 1. The summed E-state index contributed by atoms with van der Waals surface area (Å²) in [6.45, 7) is 0. The molecule has 1 rings (SSSR count). The van der Waals surface area contributed by atoms with E-state index in [-0.39, 0.29) is 20.3 Å². The van der Waals surface area contributed by atoms with Gasteiger partial charge in [0.1, 0.15) is 0 Å². The fraction of sp³-hybridized carbons (Fsp3) is 0. The second-order valence-electron chi connectivity index (χ2n) is 1.68. The first-order chi connectivity index (χ1) is 4.72. The number of hydrogen-bond donors (Lipinski definition) is 1. The van der Waals surface area contributed by atoms with Crippen molar-refractivity contribution in [2.45, 2.75) is 4.90 Å². The third-order valence-electron chi connectivity index (χ3n) is 1.02. The molecule has 0 amide bonds. The molecule has 1 atom stereocenters. The molecule has 0 fully saturated rings. The Morgan fingerprint density at radius 3 is 2.36 bits per heavy atom. The number of hydrogen-bond acceptors (Lipinski definition) is 1. The Morgan fingerprint density at radius 1 is 1.45 bits per heavy atom. The Bertz CT molecular complexity index is 271. The molecule has 0 saturated heterocycles. The summed E-state index contributed by atoms with van der Waals surface area (Å²) in [5, 5.41) is 0. The fourth-order valence-electron chi connectivity index (χ4n) is 0.586. The number of benzene rings is 1. The van der Waals surface area contributed by atoms with Gasteiger partial charge in [-0.15, -0.1) is 0 Å². The van der Waals surface area contributed by atoms with Crippen LogP contribution in [0.5, 0.6) is 0 Å². The molecule has 1 unspecified atom stereocenters. The van der Waals surface area contributed by atoms with E-state index in [1.165, 1.54) is 0 Å². The third kappa shape index (κ3) is 3.26. The van der Waals surface area contributed by atoms with Crippen molar-refractivity contribution in [3.8, 4) is 0 Å². The minimum absolute atomic E-state index is 0. The topological polar surface area (TPSA) is 37.3 Å². The van der Waals surface area contributed by atoms with Crippen LogP contribution >= 0.6 is 22.6 Å². The van der Waals surface area contributed by atoms with Crippen molar-refractivity contribution >= 4 is 33.7 Å². The Balaban J connectivity index is 0. The summed E-state index contributed by atoms with van der Waals surface area (Å²) >= 11 is 0.175. The van der Waals surface area contributed by atoms with E-state index in [4.69, 9.17) is 4.55 Å². The van der Waals surface area contributed by atoms with Gasteiger partial charge in [-0.1, -0.05) is 12.1 Å². The van der Waals surface area contributed by atoms with Gasteiger partial charge in [0.2, 0.25) is 0 Å². The van der Waals surface area contributed by atoms with Crippen molar-refractivity contribution in [1.29, 1.82) is 0 Å². The standard InChI is InChI=1S/C6H5IO2S.Li.H/c7-5-3-1-2-4-6(5)10(8)9;;/h1-4H,(H,8,9);;/q;+1;-1. The van der Waals surface area contributed by atoms with Crippen molar-refractivity contribution in [2.24, 2.45) is 0 Å². The van der Waals surface area contributed by atoms with Crippen LogP contribution in [0.15, 0.2) is 29.2 Å². The van der Waals surface area contributed by atoms with Crippen LogP contribution in [-0.4, -0.2) is 8.76 Å². The third-order valence-corrected chi connectivity index (χ3v) is 3.06. The Morgan fingerprint density at radius 2 is 2.00 bits per heavy atom. The van der Waals surface area contributed by atoms with Crippen LogP contribution in [0.1, 0.15) is 1.43 Å². The molecule has 0 aliphatic heterocycles. The maximum atomic E-state index is 10.5. The van der Waals surface area contributed by atoms with Crippen LogP contribution in [0, 0.1) is 3.57 Å². The van der Waals surface area contributed by atoms with Gasteiger partial charge < -0.3 is 5.98 Å². The molecule has 0 saturated carbocycles. The minimum atomic E-state index is -1.85. The van der Waals surface area contributed by atoms with E-state index in [1.54, 1.807) is 18.2 Å². The van der Waals surface area contributed by atoms with E-state index >= 15 is 0 Å². The smallest absolute Gasteiger partial charge is 1.00 e. The Kier molecular flexibility index (Phi) is 5.65. The Hall–Kier alpha value is 0.657. The summed E-state index contributed by atoms with van der Waals surface area (Å²) in [7, 11) is 0. The maximum Gasteiger partial charge on any atom is 1.00 e. The second kappa shape index (κ2) is 5.33. The van der Waals surface area contributed by atoms with Crippen molar-refractivity contribution in [2.75, 3.05) is 0 Å². The Labute approximate surface area is 94.9 Å². The van der Waals surface area contributed by atoms with E-state index in [0.29, 0.717) is 4.90 Å². The molecule has 0 heterocycles. The van der Waals surface area contributed by atoms with Gasteiger partial charge in [-0.25, -0.2) is 4.21 Å². The van der Waals surface area contributed by atoms with Gasteiger partial charge in [0.25, 0.3) is 0 Å². The van der Waals surface area contributed by atoms with Gasteiger partial charge >= 0.3 is 18.9 Å². The zero-order chi connectivity index (χ0) is 7.56. The van der Waals surface area contributed by atoms with Gasteiger partial charge in [0.05, 0.1) is 4.90 Å². The van der Waals surface area contributed by atoms with Crippen molar-refractivity contribution < 1.29 is 29.0 Å². The van der Waals surface area contributed by atoms with Gasteiger partial charge in [-0.05, 0) is 34.7 Å². The van der Waals surface area contributed by atoms with E-state index in [9.17, 15) is 4.21 Å². The summed E-state index contributed by atoms with van der Waals surface area (Å²) in [6, 6.07) is 7.01. The van der Waals surface area contributed by atoms with Gasteiger partial charge in [-0.2, -0.15) is 0 Å². The normalized spacial score (nSPS) is 11.8. The molecule has 11 heavy (non-hydrogen) atoms. The van der Waals surface area contributed by atoms with E-state index in [0.717, 1.165) is 3.57 Å². The molecule has 1 N–H and O–H groups in total. The van der Waals surface area contributed by atoms with Crippen LogP contribution in [0.3, 0.4) is 0 Å². The summed E-state index contributed by atoms with van der Waals surface area (Å²) in [5.41, 5.74) is 0. The van der Waals surface area contributed by atoms with Crippen molar-refractivity contribution in [3.05, 3.63) is 27.8 Å². The first kappa shape index (κ1) is 11.7. The van der Waals surface area contributed by atoms with E-state index in [2.05, 4.69) is 0 Å². The minimum Gasteiger partial charge on any atom is -1.00 e. The predicted octanol–water partition coefficient (Wildman–Crippen LogP) is -1.01. The second-order valence-corrected chi connectivity index (χ2v) is 3.78. The zero-order valence-corrected chi connectivity index (χ0v) is 8.93. The first-order valence-corrected chi connectivity index (χ1v) is 4.76. The molecule has 0 aliphatic rings. The molecule has 0 bridgehead atoms. The number of rotatable bonds is 1. The molecule has 0 radical (unpaired) electrons. The van der Waals surface area contributed by atoms with E-state index in [1.807, 2.05) is 28.7 Å². The fourth-order valence-corrected chi connectivity index (χ4v) is 1.97. The molecule has 2 nitrogen and oxygen atoms in total. The SMILES string of the molecule is O=S(O)c1ccccc1I.[H-].[Li+]. The summed E-state index contributed by atoms with van der Waals surface area (Å²) < 4.78 is 20.0. The quantitative estimate of drug-likeness (QED) is 0.405. The molecule has 1 aromatic rings. The largest absolute Gasteiger partial charge is 1.00 e. The summed E-state index contributed by atoms with van der Waals surface area (Å²) in [6.07, 6.45) is 0. The average molecular weight is 276 g/mol. The maximum absolute atomic E-state index is 10.5. The van der Waals surface area contributed by atoms with Crippen LogP contribution < -0.4 is 18.9 Å². The average Bonchev–Trinajstić information content (AvgIpc) is 1.88. The molecule has 0 aliphatic carbocycles. The molecule has 1 aromatic carbocycles. The molecule has 0 aromatic heterocycles. The molecular weight excluding hydrogens is 270 g/mol. The van der Waals surface area contributed by atoms with Crippen molar-refractivity contribution in [3.63, 3.8) is 0 Å². The monoisotopic (exact) mass is 276 g/mol. The molecule has 5 heteroatoms. The predicted molar refractivity (Wildman–Crippen MR) is 49.3 cm³/mol. The van der Waals surface area contributed by atoms with Crippen LogP contribution in [0.25, 0.3) is 0 Å². The summed E-state index contributed by atoms with van der Waals surface area (Å²) in [5.74, 6) is 0. The van der Waals surface area contributed by atoms with Gasteiger partial charge in [0.15, 0.2) is 11.1 Å². The van der Waals surface area contributed by atoms with Crippen LogP contribution in [-0.2, 0) is 11.1 Å².